The van der Waals surface area contributed by atoms with Gasteiger partial charge in [0.05, 0.1) is 4.92 Å². The van der Waals surface area contributed by atoms with Gasteiger partial charge in [0, 0.05) is 43.0 Å². The van der Waals surface area contributed by atoms with Gasteiger partial charge in [-0.3, -0.25) is 10.1 Å². The van der Waals surface area contributed by atoms with Gasteiger partial charge in [-0.2, -0.15) is 0 Å². The summed E-state index contributed by atoms with van der Waals surface area (Å²) in [6.45, 7) is 2.30. The number of hydrogen-bond donors (Lipinski definition) is 1. The molecule has 130 valence electrons. The number of urea groups is 1. The van der Waals surface area contributed by atoms with Crippen LogP contribution in [-0.4, -0.2) is 47.0 Å². The SMILES string of the molecule is O=C(Nc1ccc(Cl)cc1)N1CCN(c2ccc([N+](=O)[O-])cn2)CC1. The van der Waals surface area contributed by atoms with E-state index in [1.807, 2.05) is 4.90 Å². The highest BCUT2D eigenvalue weighted by atomic mass is 35.5. The van der Waals surface area contributed by atoms with Gasteiger partial charge in [-0.25, -0.2) is 9.78 Å². The van der Waals surface area contributed by atoms with Gasteiger partial charge in [0.2, 0.25) is 0 Å². The third kappa shape index (κ3) is 4.16. The molecule has 0 atom stereocenters. The van der Waals surface area contributed by atoms with Gasteiger partial charge in [0.15, 0.2) is 0 Å². The lowest BCUT2D eigenvalue weighted by molar-refractivity contribution is -0.385. The molecule has 9 heteroatoms. The number of halogens is 1. The smallest absolute Gasteiger partial charge is 0.321 e. The second-order valence-electron chi connectivity index (χ2n) is 5.54. The van der Waals surface area contributed by atoms with Gasteiger partial charge in [-0.1, -0.05) is 11.6 Å². The van der Waals surface area contributed by atoms with E-state index in [9.17, 15) is 14.9 Å². The molecule has 1 aliphatic heterocycles. The number of anilines is 2. The fraction of sp³-hybridized carbons (Fsp3) is 0.250. The Morgan fingerprint density at radius 1 is 1.12 bits per heavy atom. The van der Waals surface area contributed by atoms with E-state index in [0.29, 0.717) is 42.7 Å². The molecule has 1 aromatic carbocycles. The van der Waals surface area contributed by atoms with Crippen LogP contribution in [0.2, 0.25) is 5.02 Å². The second kappa shape index (κ2) is 7.35. The maximum atomic E-state index is 12.3. The number of benzene rings is 1. The number of amides is 2. The zero-order valence-electron chi connectivity index (χ0n) is 13.3. The minimum Gasteiger partial charge on any atom is -0.353 e. The first-order valence-corrected chi connectivity index (χ1v) is 8.07. The fourth-order valence-corrected chi connectivity index (χ4v) is 2.67. The molecule has 0 bridgehead atoms. The number of nitro groups is 1. The van der Waals surface area contributed by atoms with Crippen molar-refractivity contribution in [1.29, 1.82) is 0 Å². The van der Waals surface area contributed by atoms with Crippen molar-refractivity contribution in [3.8, 4) is 0 Å². The summed E-state index contributed by atoms with van der Waals surface area (Å²) in [4.78, 5) is 30.3. The van der Waals surface area contributed by atoms with E-state index in [-0.39, 0.29) is 11.7 Å². The monoisotopic (exact) mass is 361 g/mol. The first-order valence-electron chi connectivity index (χ1n) is 7.70. The summed E-state index contributed by atoms with van der Waals surface area (Å²) < 4.78 is 0. The summed E-state index contributed by atoms with van der Waals surface area (Å²) in [6.07, 6.45) is 1.24. The Kier molecular flexibility index (Phi) is 4.99. The van der Waals surface area contributed by atoms with E-state index in [0.717, 1.165) is 0 Å². The van der Waals surface area contributed by atoms with Crippen molar-refractivity contribution in [2.75, 3.05) is 36.4 Å². The molecule has 2 amide bonds. The van der Waals surface area contributed by atoms with E-state index in [1.54, 1.807) is 35.2 Å². The van der Waals surface area contributed by atoms with Crippen LogP contribution < -0.4 is 10.2 Å². The topological polar surface area (TPSA) is 91.6 Å². The molecule has 1 fully saturated rings. The lowest BCUT2D eigenvalue weighted by Crippen LogP contribution is -2.50. The van der Waals surface area contributed by atoms with E-state index in [2.05, 4.69) is 10.3 Å². The Bertz CT molecular complexity index is 758. The lowest BCUT2D eigenvalue weighted by Gasteiger charge is -2.35. The number of carbonyl (C=O) groups is 1. The Labute approximate surface area is 149 Å². The number of rotatable bonds is 3. The molecule has 1 aromatic heterocycles. The highest BCUT2D eigenvalue weighted by molar-refractivity contribution is 6.30. The molecule has 1 aliphatic rings. The highest BCUT2D eigenvalue weighted by Crippen LogP contribution is 2.18. The van der Waals surface area contributed by atoms with E-state index < -0.39 is 4.92 Å². The fourth-order valence-electron chi connectivity index (χ4n) is 2.55. The summed E-state index contributed by atoms with van der Waals surface area (Å²) in [7, 11) is 0. The van der Waals surface area contributed by atoms with E-state index >= 15 is 0 Å². The number of aromatic nitrogens is 1. The van der Waals surface area contributed by atoms with Crippen LogP contribution in [0.15, 0.2) is 42.6 Å². The van der Waals surface area contributed by atoms with Crippen LogP contribution in [0.25, 0.3) is 0 Å². The standard InChI is InChI=1S/C16H16ClN5O3/c17-12-1-3-13(4-2-12)19-16(23)21-9-7-20(8-10-21)15-6-5-14(11-18-15)22(24)25/h1-6,11H,7-10H2,(H,19,23). The summed E-state index contributed by atoms with van der Waals surface area (Å²) in [5, 5.41) is 14.1. The zero-order valence-corrected chi connectivity index (χ0v) is 14.0. The van der Waals surface area contributed by atoms with E-state index in [4.69, 9.17) is 11.6 Å². The Morgan fingerprint density at radius 3 is 2.36 bits per heavy atom. The quantitative estimate of drug-likeness (QED) is 0.670. The van der Waals surface area contributed by atoms with Crippen molar-refractivity contribution in [1.82, 2.24) is 9.88 Å². The minimum absolute atomic E-state index is 0.0373. The molecule has 2 heterocycles. The second-order valence-corrected chi connectivity index (χ2v) is 5.98. The molecule has 0 spiro atoms. The molecular weight excluding hydrogens is 346 g/mol. The Hall–Kier alpha value is -2.87. The third-order valence-electron chi connectivity index (χ3n) is 3.93. The zero-order chi connectivity index (χ0) is 17.8. The van der Waals surface area contributed by atoms with Crippen LogP contribution in [0.4, 0.5) is 22.0 Å². The number of piperazine rings is 1. The molecule has 1 N–H and O–H groups in total. The number of hydrogen-bond acceptors (Lipinski definition) is 5. The molecule has 25 heavy (non-hydrogen) atoms. The van der Waals surface area contributed by atoms with Crippen molar-refractivity contribution in [3.63, 3.8) is 0 Å². The molecule has 2 aromatic rings. The molecule has 0 radical (unpaired) electrons. The Morgan fingerprint density at radius 2 is 1.80 bits per heavy atom. The molecule has 8 nitrogen and oxygen atoms in total. The van der Waals surface area contributed by atoms with Crippen molar-refractivity contribution >= 4 is 34.8 Å². The molecule has 1 saturated heterocycles. The van der Waals surface area contributed by atoms with Crippen LogP contribution in [0.3, 0.4) is 0 Å². The summed E-state index contributed by atoms with van der Waals surface area (Å²) >= 11 is 5.83. The molecule has 3 rings (SSSR count). The average Bonchev–Trinajstić information content (AvgIpc) is 2.64. The van der Waals surface area contributed by atoms with Crippen molar-refractivity contribution in [3.05, 3.63) is 57.7 Å². The van der Waals surface area contributed by atoms with Crippen LogP contribution in [0.5, 0.6) is 0 Å². The minimum atomic E-state index is -0.476. The molecule has 0 unspecified atom stereocenters. The molecular formula is C16H16ClN5O3. The molecule has 0 aliphatic carbocycles. The average molecular weight is 362 g/mol. The highest BCUT2D eigenvalue weighted by Gasteiger charge is 2.22. The van der Waals surface area contributed by atoms with Crippen molar-refractivity contribution < 1.29 is 9.72 Å². The van der Waals surface area contributed by atoms with Gasteiger partial charge in [0.1, 0.15) is 12.0 Å². The Balaban J connectivity index is 1.55. The number of nitrogens with one attached hydrogen (secondary N) is 1. The number of pyridine rings is 1. The predicted octanol–water partition coefficient (Wildman–Crippen LogP) is 3.00. The van der Waals surface area contributed by atoms with Gasteiger partial charge in [-0.15, -0.1) is 0 Å². The predicted molar refractivity (Wildman–Crippen MR) is 95.1 cm³/mol. The van der Waals surface area contributed by atoms with Gasteiger partial charge < -0.3 is 15.1 Å². The van der Waals surface area contributed by atoms with Gasteiger partial charge >= 0.3 is 6.03 Å². The van der Waals surface area contributed by atoms with Crippen molar-refractivity contribution in [2.24, 2.45) is 0 Å². The number of nitrogens with zero attached hydrogens (tertiary/aromatic N) is 4. The third-order valence-corrected chi connectivity index (χ3v) is 4.18. The van der Waals surface area contributed by atoms with Crippen LogP contribution in [-0.2, 0) is 0 Å². The molecule has 0 saturated carbocycles. The first-order chi connectivity index (χ1) is 12.0. The normalized spacial score (nSPS) is 14.3. The van der Waals surface area contributed by atoms with Crippen LogP contribution in [0, 0.1) is 10.1 Å². The van der Waals surface area contributed by atoms with Crippen LogP contribution >= 0.6 is 11.6 Å². The lowest BCUT2D eigenvalue weighted by atomic mass is 10.3. The van der Waals surface area contributed by atoms with E-state index in [1.165, 1.54) is 12.3 Å². The summed E-state index contributed by atoms with van der Waals surface area (Å²) in [5.74, 6) is 0.670. The van der Waals surface area contributed by atoms with Gasteiger partial charge in [-0.05, 0) is 30.3 Å². The first kappa shape index (κ1) is 17.0. The number of carbonyl (C=O) groups excluding carboxylic acids is 1. The van der Waals surface area contributed by atoms with Gasteiger partial charge in [0.25, 0.3) is 5.69 Å². The van der Waals surface area contributed by atoms with Crippen LogP contribution in [0.1, 0.15) is 0 Å². The summed E-state index contributed by atoms with van der Waals surface area (Å²) in [6, 6.07) is 9.82. The summed E-state index contributed by atoms with van der Waals surface area (Å²) in [5.41, 5.74) is 0.651. The maximum absolute atomic E-state index is 12.3. The maximum Gasteiger partial charge on any atom is 0.321 e. The largest absolute Gasteiger partial charge is 0.353 e. The van der Waals surface area contributed by atoms with Crippen molar-refractivity contribution in [2.45, 2.75) is 0 Å².